The van der Waals surface area contributed by atoms with Gasteiger partial charge in [0.2, 0.25) is 11.9 Å². The van der Waals surface area contributed by atoms with E-state index >= 15 is 0 Å². The van der Waals surface area contributed by atoms with Crippen LogP contribution in [0.2, 0.25) is 0 Å². The molecule has 0 aliphatic rings. The number of rotatable bonds is 8. The van der Waals surface area contributed by atoms with Gasteiger partial charge in [-0.3, -0.25) is 20.2 Å². The molecule has 0 saturated heterocycles. The summed E-state index contributed by atoms with van der Waals surface area (Å²) in [5.74, 6) is -1.89. The lowest BCUT2D eigenvalue weighted by Crippen LogP contribution is -2.22. The highest BCUT2D eigenvalue weighted by atomic mass is 16.4. The normalized spacial score (nSPS) is 10.3. The van der Waals surface area contributed by atoms with Crippen molar-refractivity contribution in [1.82, 2.24) is 14.8 Å². The topological polar surface area (TPSA) is 129 Å². The summed E-state index contributed by atoms with van der Waals surface area (Å²) >= 11 is 0. The van der Waals surface area contributed by atoms with Gasteiger partial charge >= 0.3 is 0 Å². The Kier molecular flexibility index (Phi) is 6.31. The molecular formula is C20H18N5O4-. The molecule has 9 nitrogen and oxygen atoms in total. The number of para-hydroxylation sites is 1. The third kappa shape index (κ3) is 5.48. The van der Waals surface area contributed by atoms with Crippen LogP contribution in [0.5, 0.6) is 0 Å². The molecule has 2 N–H and O–H groups in total. The zero-order valence-electron chi connectivity index (χ0n) is 15.4. The second kappa shape index (κ2) is 9.27. The van der Waals surface area contributed by atoms with Crippen LogP contribution >= 0.6 is 0 Å². The molecule has 0 bridgehead atoms. The number of amides is 2. The average Bonchev–Trinajstić information content (AvgIpc) is 3.11. The Morgan fingerprint density at radius 3 is 2.21 bits per heavy atom. The van der Waals surface area contributed by atoms with Gasteiger partial charge in [-0.1, -0.05) is 36.4 Å². The molecule has 0 aliphatic heterocycles. The minimum absolute atomic E-state index is 0.0126. The van der Waals surface area contributed by atoms with E-state index < -0.39 is 11.9 Å². The maximum Gasteiger partial charge on any atom is 0.258 e. The van der Waals surface area contributed by atoms with Crippen LogP contribution in [0.4, 0.5) is 11.9 Å². The Bertz CT molecular complexity index is 1000. The van der Waals surface area contributed by atoms with E-state index in [2.05, 4.69) is 20.7 Å². The molecule has 3 rings (SSSR count). The van der Waals surface area contributed by atoms with Crippen LogP contribution in [0.15, 0.2) is 60.7 Å². The highest BCUT2D eigenvalue weighted by Gasteiger charge is 2.16. The molecule has 0 fully saturated rings. The lowest BCUT2D eigenvalue weighted by atomic mass is 10.2. The van der Waals surface area contributed by atoms with E-state index in [1.807, 2.05) is 6.07 Å². The van der Waals surface area contributed by atoms with Crippen molar-refractivity contribution in [2.75, 3.05) is 10.6 Å². The fourth-order valence-corrected chi connectivity index (χ4v) is 2.54. The molecule has 0 saturated carbocycles. The van der Waals surface area contributed by atoms with Crippen LogP contribution in [0.1, 0.15) is 29.6 Å². The summed E-state index contributed by atoms with van der Waals surface area (Å²) in [6.45, 7) is 0. The molecule has 1 aromatic heterocycles. The standard InChI is InChI=1S/C20H19N5O4/c26-16(12-7-13-17(27)28)21-20-23-19(22-18(29)14-8-3-1-4-9-14)24-25(20)15-10-5-2-6-11-15/h1-6,8-11H,7,12-13H2,(H,27,28)(H2,21,22,23,24,26,29)/p-1. The van der Waals surface area contributed by atoms with Gasteiger partial charge in [0.05, 0.1) is 5.69 Å². The highest BCUT2D eigenvalue weighted by Crippen LogP contribution is 2.17. The van der Waals surface area contributed by atoms with Crippen LogP contribution in [-0.2, 0) is 9.59 Å². The summed E-state index contributed by atoms with van der Waals surface area (Å²) in [4.78, 5) is 39.2. The van der Waals surface area contributed by atoms with Crippen molar-refractivity contribution in [2.45, 2.75) is 19.3 Å². The van der Waals surface area contributed by atoms with Crippen molar-refractivity contribution in [3.63, 3.8) is 0 Å². The molecule has 9 heteroatoms. The van der Waals surface area contributed by atoms with Gasteiger partial charge in [-0.25, -0.2) is 0 Å². The van der Waals surface area contributed by atoms with Gasteiger partial charge < -0.3 is 9.90 Å². The first kappa shape index (κ1) is 19.7. The first-order valence-electron chi connectivity index (χ1n) is 8.91. The fraction of sp³-hybridized carbons (Fsp3) is 0.150. The Labute approximate surface area is 166 Å². The number of nitrogens with one attached hydrogen (secondary N) is 2. The number of aromatic nitrogens is 3. The van der Waals surface area contributed by atoms with E-state index in [0.717, 1.165) is 0 Å². The second-order valence-corrected chi connectivity index (χ2v) is 6.10. The van der Waals surface area contributed by atoms with Gasteiger partial charge in [0.25, 0.3) is 11.9 Å². The largest absolute Gasteiger partial charge is 0.550 e. The molecule has 3 aromatic rings. The van der Waals surface area contributed by atoms with E-state index in [1.54, 1.807) is 54.6 Å². The van der Waals surface area contributed by atoms with Gasteiger partial charge in [0, 0.05) is 18.0 Å². The van der Waals surface area contributed by atoms with Crippen molar-refractivity contribution in [2.24, 2.45) is 0 Å². The van der Waals surface area contributed by atoms with Gasteiger partial charge in [-0.2, -0.15) is 9.67 Å². The number of hydrogen-bond donors (Lipinski definition) is 2. The van der Waals surface area contributed by atoms with Crippen LogP contribution in [0, 0.1) is 0 Å². The number of carbonyl (C=O) groups excluding carboxylic acids is 3. The van der Waals surface area contributed by atoms with E-state index in [4.69, 9.17) is 0 Å². The Balaban J connectivity index is 1.79. The number of carbonyl (C=O) groups is 3. The smallest absolute Gasteiger partial charge is 0.258 e. The number of nitrogens with zero attached hydrogens (tertiary/aromatic N) is 3. The van der Waals surface area contributed by atoms with Crippen molar-refractivity contribution in [1.29, 1.82) is 0 Å². The van der Waals surface area contributed by atoms with Crippen molar-refractivity contribution in [3.8, 4) is 5.69 Å². The number of hydrogen-bond acceptors (Lipinski definition) is 6. The molecule has 0 aliphatic carbocycles. The number of anilines is 2. The molecule has 0 spiro atoms. The molecule has 0 unspecified atom stereocenters. The lowest BCUT2D eigenvalue weighted by Gasteiger charge is -2.07. The molecule has 0 atom stereocenters. The first-order chi connectivity index (χ1) is 14.0. The van der Waals surface area contributed by atoms with Crippen LogP contribution in [0.25, 0.3) is 5.69 Å². The van der Waals surface area contributed by atoms with Gasteiger partial charge in [0.1, 0.15) is 0 Å². The summed E-state index contributed by atoms with van der Waals surface area (Å²) in [5, 5.41) is 20.0. The first-order valence-corrected chi connectivity index (χ1v) is 8.91. The molecule has 0 radical (unpaired) electrons. The minimum Gasteiger partial charge on any atom is -0.550 e. The third-order valence-corrected chi connectivity index (χ3v) is 3.91. The Hall–Kier alpha value is -4.01. The summed E-state index contributed by atoms with van der Waals surface area (Å²) in [6, 6.07) is 17.5. The van der Waals surface area contributed by atoms with Gasteiger partial charge in [0.15, 0.2) is 0 Å². The maximum absolute atomic E-state index is 12.3. The predicted molar refractivity (Wildman–Crippen MR) is 103 cm³/mol. The number of aliphatic carboxylic acids is 1. The molecule has 2 amide bonds. The number of benzene rings is 2. The summed E-state index contributed by atoms with van der Waals surface area (Å²) in [7, 11) is 0. The van der Waals surface area contributed by atoms with Crippen LogP contribution < -0.4 is 15.7 Å². The Morgan fingerprint density at radius 1 is 0.897 bits per heavy atom. The summed E-state index contributed by atoms with van der Waals surface area (Å²) in [6.07, 6.45) is -0.0796. The second-order valence-electron chi connectivity index (χ2n) is 6.10. The summed E-state index contributed by atoms with van der Waals surface area (Å²) < 4.78 is 1.39. The third-order valence-electron chi connectivity index (χ3n) is 3.91. The monoisotopic (exact) mass is 392 g/mol. The molecule has 1 heterocycles. The van der Waals surface area contributed by atoms with Crippen LogP contribution in [-0.4, -0.2) is 32.5 Å². The molecular weight excluding hydrogens is 374 g/mol. The van der Waals surface area contributed by atoms with Gasteiger partial charge in [-0.05, 0) is 37.1 Å². The zero-order valence-corrected chi connectivity index (χ0v) is 15.4. The van der Waals surface area contributed by atoms with E-state index in [1.165, 1.54) is 4.68 Å². The van der Waals surface area contributed by atoms with E-state index in [9.17, 15) is 19.5 Å². The van der Waals surface area contributed by atoms with E-state index in [0.29, 0.717) is 11.3 Å². The average molecular weight is 392 g/mol. The quantitative estimate of drug-likeness (QED) is 0.596. The maximum atomic E-state index is 12.3. The molecule has 29 heavy (non-hydrogen) atoms. The van der Waals surface area contributed by atoms with Crippen molar-refractivity contribution >= 4 is 29.7 Å². The molecule has 148 valence electrons. The number of carboxylic acid groups (broad SMARTS) is 1. The number of carboxylic acids is 1. The predicted octanol–water partition coefficient (Wildman–Crippen LogP) is 1.38. The zero-order chi connectivity index (χ0) is 20.6. The van der Waals surface area contributed by atoms with Gasteiger partial charge in [-0.15, -0.1) is 5.10 Å². The fourth-order valence-electron chi connectivity index (χ4n) is 2.54. The highest BCUT2D eigenvalue weighted by molar-refractivity contribution is 6.03. The van der Waals surface area contributed by atoms with Crippen molar-refractivity contribution < 1.29 is 19.5 Å². The SMILES string of the molecule is O=C([O-])CCCC(=O)Nc1nc(NC(=O)c2ccccc2)nn1-c1ccccc1. The van der Waals surface area contributed by atoms with E-state index in [-0.39, 0.29) is 37.1 Å². The lowest BCUT2D eigenvalue weighted by molar-refractivity contribution is -0.305. The van der Waals surface area contributed by atoms with Crippen LogP contribution in [0.3, 0.4) is 0 Å². The molecule has 2 aromatic carbocycles. The Morgan fingerprint density at radius 2 is 1.55 bits per heavy atom. The van der Waals surface area contributed by atoms with Crippen molar-refractivity contribution in [3.05, 3.63) is 66.2 Å². The summed E-state index contributed by atoms with van der Waals surface area (Å²) in [5.41, 5.74) is 1.07. The minimum atomic E-state index is -1.21.